The van der Waals surface area contributed by atoms with Gasteiger partial charge >= 0.3 is 0 Å². The predicted molar refractivity (Wildman–Crippen MR) is 132 cm³/mol. The maximum absolute atomic E-state index is 12.3. The number of rotatable bonds is 6. The molecule has 2 aliphatic carbocycles. The van der Waals surface area contributed by atoms with E-state index < -0.39 is 5.60 Å². The standard InChI is InChI=1S/C30H29NO3/c1-33-25-14-8-9-20(17-25)18-26-23-15-16-24(19-23)30(26,32)29-31-27(21-10-4-2-5-11-21)28(34-29)22-12-6-3-7-13-22/h2-14,17,23-24,26,32H,15-16,18-19H2,1H3. The van der Waals surface area contributed by atoms with E-state index in [4.69, 9.17) is 14.1 Å². The van der Waals surface area contributed by atoms with Crippen molar-refractivity contribution < 1.29 is 14.3 Å². The van der Waals surface area contributed by atoms with Crippen LogP contribution in [0.3, 0.4) is 0 Å². The molecule has 1 N–H and O–H groups in total. The van der Waals surface area contributed by atoms with Gasteiger partial charge in [0.15, 0.2) is 5.76 Å². The summed E-state index contributed by atoms with van der Waals surface area (Å²) in [5.41, 5.74) is 2.85. The highest BCUT2D eigenvalue weighted by molar-refractivity contribution is 5.76. The van der Waals surface area contributed by atoms with Crippen molar-refractivity contribution in [1.82, 2.24) is 4.98 Å². The highest BCUT2D eigenvalue weighted by Crippen LogP contribution is 2.60. The minimum atomic E-state index is -1.08. The molecule has 2 saturated carbocycles. The van der Waals surface area contributed by atoms with Crippen LogP contribution in [0, 0.1) is 17.8 Å². The van der Waals surface area contributed by atoms with Gasteiger partial charge < -0.3 is 14.3 Å². The number of hydrogen-bond donors (Lipinski definition) is 1. The van der Waals surface area contributed by atoms with Gasteiger partial charge in [-0.25, -0.2) is 4.98 Å². The van der Waals surface area contributed by atoms with Crippen LogP contribution in [0.25, 0.3) is 22.6 Å². The second-order valence-corrected chi connectivity index (χ2v) is 9.69. The van der Waals surface area contributed by atoms with E-state index in [0.29, 0.717) is 11.8 Å². The first-order chi connectivity index (χ1) is 16.7. The van der Waals surface area contributed by atoms with Crippen molar-refractivity contribution in [2.24, 2.45) is 17.8 Å². The second-order valence-electron chi connectivity index (χ2n) is 9.69. The van der Waals surface area contributed by atoms with Crippen LogP contribution >= 0.6 is 0 Å². The lowest BCUT2D eigenvalue weighted by molar-refractivity contribution is -0.0860. The Balaban J connectivity index is 1.45. The molecule has 6 rings (SSSR count). The van der Waals surface area contributed by atoms with Gasteiger partial charge in [-0.2, -0.15) is 0 Å². The second kappa shape index (κ2) is 8.44. The number of aliphatic hydroxyl groups is 1. The van der Waals surface area contributed by atoms with Gasteiger partial charge in [-0.15, -0.1) is 0 Å². The number of aromatic nitrogens is 1. The van der Waals surface area contributed by atoms with Gasteiger partial charge in [-0.1, -0.05) is 72.8 Å². The zero-order valence-electron chi connectivity index (χ0n) is 19.4. The Morgan fingerprint density at radius 3 is 2.41 bits per heavy atom. The minimum absolute atomic E-state index is 0.0595. The fraction of sp³-hybridized carbons (Fsp3) is 0.300. The number of nitrogens with zero attached hydrogens (tertiary/aromatic N) is 1. The lowest BCUT2D eigenvalue weighted by atomic mass is 9.72. The number of fused-ring (bicyclic) bond motifs is 2. The molecule has 0 spiro atoms. The number of hydrogen-bond acceptors (Lipinski definition) is 4. The van der Waals surface area contributed by atoms with E-state index in [-0.39, 0.29) is 11.8 Å². The molecule has 4 unspecified atom stereocenters. The van der Waals surface area contributed by atoms with E-state index in [0.717, 1.165) is 54.0 Å². The summed E-state index contributed by atoms with van der Waals surface area (Å²) < 4.78 is 12.0. The third-order valence-corrected chi connectivity index (χ3v) is 7.87. The van der Waals surface area contributed by atoms with Gasteiger partial charge in [0, 0.05) is 17.0 Å². The highest BCUT2D eigenvalue weighted by Gasteiger charge is 2.60. The van der Waals surface area contributed by atoms with Crippen molar-refractivity contribution in [3.63, 3.8) is 0 Å². The van der Waals surface area contributed by atoms with Crippen LogP contribution in [0.15, 0.2) is 89.3 Å². The topological polar surface area (TPSA) is 55.5 Å². The summed E-state index contributed by atoms with van der Waals surface area (Å²) in [7, 11) is 1.69. The number of benzene rings is 3. The molecular weight excluding hydrogens is 422 g/mol. The molecule has 3 aromatic carbocycles. The Kier molecular flexibility index (Phi) is 5.26. The Morgan fingerprint density at radius 1 is 0.941 bits per heavy atom. The normalized spacial score (nSPS) is 25.5. The van der Waals surface area contributed by atoms with E-state index in [1.807, 2.05) is 72.8 Å². The van der Waals surface area contributed by atoms with Crippen LogP contribution in [0.4, 0.5) is 0 Å². The predicted octanol–water partition coefficient (Wildman–Crippen LogP) is 6.49. The van der Waals surface area contributed by atoms with Crippen LogP contribution in [0.2, 0.25) is 0 Å². The first-order valence-electron chi connectivity index (χ1n) is 12.1. The molecule has 0 amide bonds. The number of methoxy groups -OCH3 is 1. The van der Waals surface area contributed by atoms with Crippen molar-refractivity contribution >= 4 is 0 Å². The quantitative estimate of drug-likeness (QED) is 0.364. The average Bonchev–Trinajstić information content (AvgIpc) is 3.62. The smallest absolute Gasteiger partial charge is 0.228 e. The largest absolute Gasteiger partial charge is 0.497 e. The fourth-order valence-corrected chi connectivity index (χ4v) is 6.22. The summed E-state index contributed by atoms with van der Waals surface area (Å²) in [6, 6.07) is 28.4. The van der Waals surface area contributed by atoms with Crippen LogP contribution in [0.1, 0.15) is 30.7 Å². The van der Waals surface area contributed by atoms with E-state index in [1.54, 1.807) is 7.11 Å². The number of ether oxygens (including phenoxy) is 1. The summed E-state index contributed by atoms with van der Waals surface area (Å²) >= 11 is 0. The molecule has 1 heterocycles. The molecule has 2 fully saturated rings. The molecular formula is C30H29NO3. The molecule has 0 aliphatic heterocycles. The van der Waals surface area contributed by atoms with E-state index in [1.165, 1.54) is 5.56 Å². The Hall–Kier alpha value is -3.37. The average molecular weight is 452 g/mol. The van der Waals surface area contributed by atoms with Crippen LogP contribution in [0.5, 0.6) is 5.75 Å². The highest BCUT2D eigenvalue weighted by atomic mass is 16.5. The summed E-state index contributed by atoms with van der Waals surface area (Å²) in [5.74, 6) is 2.72. The van der Waals surface area contributed by atoms with Crippen molar-refractivity contribution in [3.05, 3.63) is 96.4 Å². The molecule has 4 aromatic rings. The van der Waals surface area contributed by atoms with Crippen molar-refractivity contribution in [2.45, 2.75) is 31.3 Å². The molecule has 4 heteroatoms. The molecule has 0 saturated heterocycles. The zero-order chi connectivity index (χ0) is 23.1. The molecule has 1 aromatic heterocycles. The number of oxazole rings is 1. The van der Waals surface area contributed by atoms with Gasteiger partial charge in [-0.05, 0) is 55.2 Å². The Morgan fingerprint density at radius 2 is 1.68 bits per heavy atom. The van der Waals surface area contributed by atoms with Gasteiger partial charge in [0.2, 0.25) is 5.89 Å². The molecule has 34 heavy (non-hydrogen) atoms. The third-order valence-electron chi connectivity index (χ3n) is 7.87. The SMILES string of the molecule is COc1cccc(CC2C3CCC(C3)C2(O)c2nc(-c3ccccc3)c(-c3ccccc3)o2)c1. The summed E-state index contributed by atoms with van der Waals surface area (Å²) in [6.45, 7) is 0. The van der Waals surface area contributed by atoms with Gasteiger partial charge in [-0.3, -0.25) is 0 Å². The van der Waals surface area contributed by atoms with Crippen LogP contribution in [-0.2, 0) is 12.0 Å². The molecule has 4 nitrogen and oxygen atoms in total. The van der Waals surface area contributed by atoms with E-state index >= 15 is 0 Å². The monoisotopic (exact) mass is 451 g/mol. The lowest BCUT2D eigenvalue weighted by Gasteiger charge is -2.37. The minimum Gasteiger partial charge on any atom is -0.497 e. The van der Waals surface area contributed by atoms with Crippen LogP contribution < -0.4 is 4.74 Å². The van der Waals surface area contributed by atoms with Crippen molar-refractivity contribution in [2.75, 3.05) is 7.11 Å². The fourth-order valence-electron chi connectivity index (χ4n) is 6.22. The Labute approximate surface area is 200 Å². The summed E-state index contributed by atoms with van der Waals surface area (Å²) in [4.78, 5) is 5.01. The molecule has 172 valence electrons. The zero-order valence-corrected chi connectivity index (χ0v) is 19.4. The van der Waals surface area contributed by atoms with E-state index in [2.05, 4.69) is 12.1 Å². The molecule has 0 radical (unpaired) electrons. The van der Waals surface area contributed by atoms with Crippen LogP contribution in [-0.4, -0.2) is 17.2 Å². The maximum Gasteiger partial charge on any atom is 0.228 e. The van der Waals surface area contributed by atoms with Gasteiger partial charge in [0.1, 0.15) is 17.0 Å². The van der Waals surface area contributed by atoms with Crippen molar-refractivity contribution in [3.8, 4) is 28.3 Å². The van der Waals surface area contributed by atoms with Gasteiger partial charge in [0.25, 0.3) is 0 Å². The third kappa shape index (κ3) is 3.45. The van der Waals surface area contributed by atoms with E-state index in [9.17, 15) is 5.11 Å². The van der Waals surface area contributed by atoms with Gasteiger partial charge in [0.05, 0.1) is 7.11 Å². The Bertz CT molecular complexity index is 1230. The summed E-state index contributed by atoms with van der Waals surface area (Å²) in [5, 5.41) is 12.3. The molecule has 4 atom stereocenters. The first-order valence-corrected chi connectivity index (χ1v) is 12.1. The maximum atomic E-state index is 12.3. The first kappa shape index (κ1) is 21.2. The molecule has 2 bridgehead atoms. The van der Waals surface area contributed by atoms with Crippen molar-refractivity contribution in [1.29, 1.82) is 0 Å². The summed E-state index contributed by atoms with van der Waals surface area (Å²) in [6.07, 6.45) is 3.96. The lowest BCUT2D eigenvalue weighted by Crippen LogP contribution is -2.42. The molecule has 2 aliphatic rings.